The van der Waals surface area contributed by atoms with Crippen molar-refractivity contribution in [3.63, 3.8) is 0 Å². The number of carbonyl (C=O) groups excluding carboxylic acids is 3. The predicted molar refractivity (Wildman–Crippen MR) is 120 cm³/mol. The Labute approximate surface area is 182 Å². The molecule has 0 saturated carbocycles. The molecule has 31 heavy (non-hydrogen) atoms. The molecule has 1 heterocycles. The van der Waals surface area contributed by atoms with Gasteiger partial charge in [-0.25, -0.2) is 0 Å². The fraction of sp³-hybridized carbons (Fsp3) is 0.292. The van der Waals surface area contributed by atoms with Crippen molar-refractivity contribution in [1.29, 1.82) is 0 Å². The van der Waals surface area contributed by atoms with Gasteiger partial charge in [0.05, 0.1) is 24.8 Å². The van der Waals surface area contributed by atoms with Crippen molar-refractivity contribution in [2.24, 2.45) is 0 Å². The van der Waals surface area contributed by atoms with Gasteiger partial charge in [-0.05, 0) is 43.7 Å². The highest BCUT2D eigenvalue weighted by molar-refractivity contribution is 6.36. The van der Waals surface area contributed by atoms with Crippen molar-refractivity contribution in [3.05, 3.63) is 65.9 Å². The number of hydrogen-bond acceptors (Lipinski definition) is 5. The molecule has 2 aromatic rings. The normalized spacial score (nSPS) is 13.9. The van der Waals surface area contributed by atoms with Crippen LogP contribution in [0.4, 0.5) is 11.4 Å². The summed E-state index contributed by atoms with van der Waals surface area (Å²) >= 11 is 0. The molecule has 0 aromatic heterocycles. The van der Waals surface area contributed by atoms with Crippen molar-refractivity contribution in [2.75, 3.05) is 30.4 Å². The van der Waals surface area contributed by atoms with Crippen LogP contribution in [0.5, 0.6) is 0 Å². The Morgan fingerprint density at radius 3 is 2.26 bits per heavy atom. The molecule has 162 valence electrons. The molecule has 0 aliphatic carbocycles. The number of amides is 3. The van der Waals surface area contributed by atoms with Gasteiger partial charge in [0.25, 0.3) is 11.8 Å². The van der Waals surface area contributed by atoms with E-state index >= 15 is 0 Å². The van der Waals surface area contributed by atoms with Gasteiger partial charge >= 0.3 is 0 Å². The quantitative estimate of drug-likeness (QED) is 0.662. The Morgan fingerprint density at radius 2 is 1.68 bits per heavy atom. The Hall–Kier alpha value is -3.45. The zero-order valence-electron chi connectivity index (χ0n) is 18.2. The molecule has 0 atom stereocenters. The highest BCUT2D eigenvalue weighted by Gasteiger charge is 2.40. The number of benzene rings is 2. The van der Waals surface area contributed by atoms with Crippen molar-refractivity contribution < 1.29 is 19.1 Å². The molecule has 0 spiro atoms. The van der Waals surface area contributed by atoms with Crippen LogP contribution in [0.15, 0.2) is 60.3 Å². The minimum Gasteiger partial charge on any atom is -0.377 e. The lowest BCUT2D eigenvalue weighted by Crippen LogP contribution is -2.37. The first-order valence-corrected chi connectivity index (χ1v) is 10.2. The first-order valence-electron chi connectivity index (χ1n) is 10.2. The zero-order valence-corrected chi connectivity index (χ0v) is 18.2. The minimum atomic E-state index is -0.359. The molecule has 0 fully saturated rings. The number of likely N-dealkylation sites (N-methyl/N-ethyl adjacent to an activating group) is 1. The summed E-state index contributed by atoms with van der Waals surface area (Å²) in [7, 11) is 1.77. The molecule has 7 nitrogen and oxygen atoms in total. The third kappa shape index (κ3) is 5.00. The molecule has 0 radical (unpaired) electrons. The molecule has 1 aliphatic rings. The van der Waals surface area contributed by atoms with Crippen molar-refractivity contribution in [1.82, 2.24) is 4.90 Å². The standard InChI is InChI=1S/C24H27N3O4/c1-16(2)31-15-14-27-23(29)21(18-10-12-19(13-11-18)25-17(3)28)22(24(27)30)26(4)20-8-6-5-7-9-20/h5-13,16H,14-15H2,1-4H3,(H,25,28). The maximum absolute atomic E-state index is 13.3. The zero-order chi connectivity index (χ0) is 22.5. The maximum Gasteiger partial charge on any atom is 0.278 e. The van der Waals surface area contributed by atoms with Gasteiger partial charge in [0.15, 0.2) is 0 Å². The second-order valence-electron chi connectivity index (χ2n) is 7.56. The van der Waals surface area contributed by atoms with Gasteiger partial charge in [-0.2, -0.15) is 0 Å². The molecule has 1 N–H and O–H groups in total. The summed E-state index contributed by atoms with van der Waals surface area (Å²) in [6, 6.07) is 16.3. The van der Waals surface area contributed by atoms with E-state index in [0.29, 0.717) is 22.5 Å². The van der Waals surface area contributed by atoms with E-state index in [0.717, 1.165) is 5.69 Å². The molecule has 3 amide bonds. The number of ether oxygens (including phenoxy) is 1. The van der Waals surface area contributed by atoms with Crippen LogP contribution in [0.1, 0.15) is 26.3 Å². The van der Waals surface area contributed by atoms with E-state index in [1.165, 1.54) is 11.8 Å². The number of nitrogens with one attached hydrogen (secondary N) is 1. The largest absolute Gasteiger partial charge is 0.377 e. The summed E-state index contributed by atoms with van der Waals surface area (Å²) < 4.78 is 5.56. The van der Waals surface area contributed by atoms with Crippen LogP contribution in [0.2, 0.25) is 0 Å². The van der Waals surface area contributed by atoms with Gasteiger partial charge in [0.1, 0.15) is 5.70 Å². The Balaban J connectivity index is 2.00. The van der Waals surface area contributed by atoms with E-state index in [1.54, 1.807) is 36.2 Å². The van der Waals surface area contributed by atoms with Gasteiger partial charge in [-0.15, -0.1) is 0 Å². The maximum atomic E-state index is 13.3. The monoisotopic (exact) mass is 421 g/mol. The van der Waals surface area contributed by atoms with E-state index < -0.39 is 0 Å². The first kappa shape index (κ1) is 22.2. The van der Waals surface area contributed by atoms with E-state index in [9.17, 15) is 14.4 Å². The van der Waals surface area contributed by atoms with Crippen molar-refractivity contribution >= 4 is 34.7 Å². The number of carbonyl (C=O) groups is 3. The highest BCUT2D eigenvalue weighted by atomic mass is 16.5. The van der Waals surface area contributed by atoms with Crippen LogP contribution >= 0.6 is 0 Å². The van der Waals surface area contributed by atoms with Gasteiger partial charge in [-0.1, -0.05) is 30.3 Å². The van der Waals surface area contributed by atoms with E-state index in [4.69, 9.17) is 4.74 Å². The molecule has 0 unspecified atom stereocenters. The lowest BCUT2D eigenvalue weighted by Gasteiger charge is -2.21. The summed E-state index contributed by atoms with van der Waals surface area (Å²) in [6.45, 7) is 5.69. The Bertz CT molecular complexity index is 997. The average molecular weight is 421 g/mol. The number of para-hydroxylation sites is 1. The first-order chi connectivity index (χ1) is 14.8. The lowest BCUT2D eigenvalue weighted by atomic mass is 10.0. The molecule has 1 aliphatic heterocycles. The number of hydrogen-bond donors (Lipinski definition) is 1. The van der Waals surface area contributed by atoms with E-state index in [-0.39, 0.29) is 37.0 Å². The van der Waals surface area contributed by atoms with E-state index in [2.05, 4.69) is 5.32 Å². The van der Waals surface area contributed by atoms with Crippen LogP contribution in [0, 0.1) is 0 Å². The summed E-state index contributed by atoms with van der Waals surface area (Å²) in [6.07, 6.45) is 0.00743. The fourth-order valence-corrected chi connectivity index (χ4v) is 3.42. The summed E-state index contributed by atoms with van der Waals surface area (Å²) in [5.74, 6) is -0.896. The number of anilines is 2. The van der Waals surface area contributed by atoms with Gasteiger partial charge < -0.3 is 15.0 Å². The van der Waals surface area contributed by atoms with Crippen LogP contribution < -0.4 is 10.2 Å². The molecule has 2 aromatic carbocycles. The summed E-state index contributed by atoms with van der Waals surface area (Å²) in [5.41, 5.74) is 2.67. The van der Waals surface area contributed by atoms with Crippen LogP contribution in [0.3, 0.4) is 0 Å². The third-order valence-corrected chi connectivity index (χ3v) is 4.88. The van der Waals surface area contributed by atoms with Gasteiger partial charge in [0, 0.05) is 25.3 Å². The van der Waals surface area contributed by atoms with E-state index in [1.807, 2.05) is 44.2 Å². The molecule has 0 saturated heterocycles. The van der Waals surface area contributed by atoms with Crippen molar-refractivity contribution in [2.45, 2.75) is 26.9 Å². The lowest BCUT2D eigenvalue weighted by molar-refractivity contribution is -0.138. The second kappa shape index (κ2) is 9.57. The molecular formula is C24H27N3O4. The Morgan fingerprint density at radius 1 is 1.03 bits per heavy atom. The topological polar surface area (TPSA) is 79.0 Å². The number of rotatable bonds is 8. The fourth-order valence-electron chi connectivity index (χ4n) is 3.42. The summed E-state index contributed by atoms with van der Waals surface area (Å²) in [4.78, 5) is 40.9. The van der Waals surface area contributed by atoms with Crippen LogP contribution in [0.25, 0.3) is 5.57 Å². The summed E-state index contributed by atoms with van der Waals surface area (Å²) in [5, 5.41) is 2.71. The second-order valence-corrected chi connectivity index (χ2v) is 7.56. The predicted octanol–water partition coefficient (Wildman–Crippen LogP) is 3.29. The van der Waals surface area contributed by atoms with Gasteiger partial charge in [-0.3, -0.25) is 19.3 Å². The van der Waals surface area contributed by atoms with Crippen LogP contribution in [-0.2, 0) is 19.1 Å². The smallest absolute Gasteiger partial charge is 0.278 e. The van der Waals surface area contributed by atoms with Crippen molar-refractivity contribution in [3.8, 4) is 0 Å². The number of nitrogens with zero attached hydrogens (tertiary/aromatic N) is 2. The van der Waals surface area contributed by atoms with Gasteiger partial charge in [0.2, 0.25) is 5.91 Å². The van der Waals surface area contributed by atoms with Crippen LogP contribution in [-0.4, -0.2) is 48.9 Å². The average Bonchev–Trinajstić information content (AvgIpc) is 2.98. The SMILES string of the molecule is CC(=O)Nc1ccc(C2=C(N(C)c3ccccc3)C(=O)N(CCOC(C)C)C2=O)cc1. The Kier molecular flexibility index (Phi) is 6.87. The number of imide groups is 1. The molecule has 0 bridgehead atoms. The minimum absolute atomic E-state index is 0.00743. The molecular weight excluding hydrogens is 394 g/mol. The molecule has 3 rings (SSSR count). The third-order valence-electron chi connectivity index (χ3n) is 4.88. The highest BCUT2D eigenvalue weighted by Crippen LogP contribution is 2.33. The molecule has 7 heteroatoms.